The van der Waals surface area contributed by atoms with Gasteiger partial charge in [-0.3, -0.25) is 0 Å². The highest BCUT2D eigenvalue weighted by Crippen LogP contribution is 2.28. The lowest BCUT2D eigenvalue weighted by molar-refractivity contribution is 0.248. The fourth-order valence-corrected chi connectivity index (χ4v) is 3.69. The molecule has 3 rings (SSSR count). The summed E-state index contributed by atoms with van der Waals surface area (Å²) in [7, 11) is 0. The number of fused-ring (bicyclic) bond motifs is 1. The molecule has 1 aliphatic rings. The fourth-order valence-electron chi connectivity index (χ4n) is 3.29. The lowest BCUT2D eigenvalue weighted by Gasteiger charge is -2.31. The van der Waals surface area contributed by atoms with Crippen LogP contribution in [0, 0.1) is 5.92 Å². The molecule has 0 spiro atoms. The third-order valence-electron chi connectivity index (χ3n) is 5.14. The molecule has 1 aliphatic heterocycles. The summed E-state index contributed by atoms with van der Waals surface area (Å²) in [5, 5.41) is 13.0. The van der Waals surface area contributed by atoms with Crippen molar-refractivity contribution >= 4 is 27.7 Å². The minimum atomic E-state index is -0.0571. The molecule has 0 amide bonds. The van der Waals surface area contributed by atoms with Crippen LogP contribution in [-0.4, -0.2) is 34.3 Å². The first-order chi connectivity index (χ1) is 12.9. The van der Waals surface area contributed by atoms with Crippen molar-refractivity contribution in [2.75, 3.05) is 23.4 Å². The molecule has 2 heterocycles. The van der Waals surface area contributed by atoms with Crippen molar-refractivity contribution in [3.63, 3.8) is 0 Å². The average molecular weight is 433 g/mol. The van der Waals surface area contributed by atoms with Gasteiger partial charge in [0.1, 0.15) is 5.82 Å². The number of nitrogens with zero attached hydrogens (tertiary/aromatic N) is 3. The van der Waals surface area contributed by atoms with E-state index < -0.39 is 0 Å². The smallest absolute Gasteiger partial charge is 0.225 e. The number of rotatable bonds is 6. The zero-order chi connectivity index (χ0) is 19.6. The van der Waals surface area contributed by atoms with Crippen molar-refractivity contribution in [3.8, 4) is 0 Å². The molecule has 1 aromatic heterocycles. The third-order valence-corrected chi connectivity index (χ3v) is 5.64. The van der Waals surface area contributed by atoms with Gasteiger partial charge in [0, 0.05) is 23.6 Å². The minimum Gasteiger partial charge on any atom is -0.394 e. The Morgan fingerprint density at radius 1 is 1.15 bits per heavy atom. The van der Waals surface area contributed by atoms with E-state index in [0.717, 1.165) is 35.5 Å². The Hall–Kier alpha value is -1.66. The number of nitrogens with one attached hydrogen (secondary N) is 1. The van der Waals surface area contributed by atoms with Crippen LogP contribution >= 0.6 is 15.9 Å². The molecular weight excluding hydrogens is 404 g/mol. The van der Waals surface area contributed by atoms with Crippen LogP contribution in [0.15, 0.2) is 28.7 Å². The highest BCUT2D eigenvalue weighted by molar-refractivity contribution is 9.10. The molecule has 27 heavy (non-hydrogen) atoms. The third kappa shape index (κ3) is 4.79. The Bertz CT molecular complexity index is 794. The summed E-state index contributed by atoms with van der Waals surface area (Å²) in [4.78, 5) is 11.8. The molecule has 146 valence electrons. The number of aromatic nitrogens is 2. The molecule has 5 nitrogen and oxygen atoms in total. The maximum absolute atomic E-state index is 9.66. The Morgan fingerprint density at radius 3 is 2.59 bits per heavy atom. The number of anilines is 2. The van der Waals surface area contributed by atoms with E-state index in [0.29, 0.717) is 17.8 Å². The molecule has 0 radical (unpaired) electrons. The number of aliphatic hydroxyl groups is 1. The zero-order valence-electron chi connectivity index (χ0n) is 16.5. The fraction of sp³-hybridized carbons (Fsp3) is 0.524. The first-order valence-corrected chi connectivity index (χ1v) is 10.4. The van der Waals surface area contributed by atoms with Crippen LogP contribution in [0.4, 0.5) is 11.8 Å². The van der Waals surface area contributed by atoms with E-state index in [1.807, 2.05) is 0 Å². The first kappa shape index (κ1) is 20.1. The summed E-state index contributed by atoms with van der Waals surface area (Å²) in [5.41, 5.74) is 3.76. The Morgan fingerprint density at radius 2 is 1.93 bits per heavy atom. The van der Waals surface area contributed by atoms with E-state index in [9.17, 15) is 5.11 Å². The molecule has 0 fully saturated rings. The standard InChI is InChI=1S/C21H29BrN4O/c1-13(2)18-10-20(25-21(23-18)24-19(12-27)14(3)4)26-8-7-15-5-6-17(22)9-16(15)11-26/h5-6,9-10,13-14,19,27H,7-8,11-12H2,1-4H3,(H,23,24,25)/t19-/m1/s1. The summed E-state index contributed by atoms with van der Waals surface area (Å²) in [6, 6.07) is 8.56. The van der Waals surface area contributed by atoms with Gasteiger partial charge in [0.05, 0.1) is 18.3 Å². The maximum Gasteiger partial charge on any atom is 0.225 e. The molecule has 0 aliphatic carbocycles. The number of hydrogen-bond donors (Lipinski definition) is 2. The van der Waals surface area contributed by atoms with Crippen LogP contribution in [0.1, 0.15) is 50.4 Å². The predicted molar refractivity (Wildman–Crippen MR) is 114 cm³/mol. The molecule has 2 aromatic rings. The van der Waals surface area contributed by atoms with Gasteiger partial charge < -0.3 is 15.3 Å². The zero-order valence-corrected chi connectivity index (χ0v) is 18.1. The second-order valence-electron chi connectivity index (χ2n) is 7.89. The van der Waals surface area contributed by atoms with Gasteiger partial charge in [-0.25, -0.2) is 4.98 Å². The monoisotopic (exact) mass is 432 g/mol. The number of aliphatic hydroxyl groups excluding tert-OH is 1. The van der Waals surface area contributed by atoms with E-state index in [1.165, 1.54) is 11.1 Å². The van der Waals surface area contributed by atoms with E-state index >= 15 is 0 Å². The van der Waals surface area contributed by atoms with Crippen molar-refractivity contribution in [3.05, 3.63) is 45.6 Å². The number of hydrogen-bond acceptors (Lipinski definition) is 5. The van der Waals surface area contributed by atoms with Gasteiger partial charge in [-0.1, -0.05) is 49.7 Å². The molecule has 6 heteroatoms. The van der Waals surface area contributed by atoms with Gasteiger partial charge in [-0.05, 0) is 41.5 Å². The summed E-state index contributed by atoms with van der Waals surface area (Å²) in [6.07, 6.45) is 1.01. The molecule has 0 unspecified atom stereocenters. The number of halogens is 1. The second-order valence-corrected chi connectivity index (χ2v) is 8.81. The molecular formula is C21H29BrN4O. The van der Waals surface area contributed by atoms with Crippen LogP contribution in [0.2, 0.25) is 0 Å². The van der Waals surface area contributed by atoms with Gasteiger partial charge in [0.15, 0.2) is 0 Å². The van der Waals surface area contributed by atoms with Crippen LogP contribution in [0.3, 0.4) is 0 Å². The van der Waals surface area contributed by atoms with Crippen molar-refractivity contribution in [1.29, 1.82) is 0 Å². The molecule has 0 saturated heterocycles. The Kier molecular flexibility index (Phi) is 6.37. The maximum atomic E-state index is 9.66. The van der Waals surface area contributed by atoms with Gasteiger partial charge in [-0.2, -0.15) is 4.98 Å². The number of benzene rings is 1. The van der Waals surface area contributed by atoms with E-state index in [1.54, 1.807) is 0 Å². The largest absolute Gasteiger partial charge is 0.394 e. The van der Waals surface area contributed by atoms with E-state index in [-0.39, 0.29) is 12.6 Å². The molecule has 1 aromatic carbocycles. The van der Waals surface area contributed by atoms with Crippen LogP contribution < -0.4 is 10.2 Å². The van der Waals surface area contributed by atoms with Crippen molar-refractivity contribution < 1.29 is 5.11 Å². The van der Waals surface area contributed by atoms with Gasteiger partial charge >= 0.3 is 0 Å². The van der Waals surface area contributed by atoms with Crippen molar-refractivity contribution in [2.24, 2.45) is 5.92 Å². The van der Waals surface area contributed by atoms with Crippen molar-refractivity contribution in [2.45, 2.75) is 52.6 Å². The summed E-state index contributed by atoms with van der Waals surface area (Å²) < 4.78 is 1.11. The van der Waals surface area contributed by atoms with Crippen LogP contribution in [-0.2, 0) is 13.0 Å². The Labute approximate surface area is 170 Å². The highest BCUT2D eigenvalue weighted by Gasteiger charge is 2.21. The van der Waals surface area contributed by atoms with Gasteiger partial charge in [0.2, 0.25) is 5.95 Å². The molecule has 0 saturated carbocycles. The SMILES string of the molecule is CC(C)c1cc(N2CCc3ccc(Br)cc3C2)nc(N[C@H](CO)C(C)C)n1. The predicted octanol–water partition coefficient (Wildman–Crippen LogP) is 4.35. The van der Waals surface area contributed by atoms with Gasteiger partial charge in [-0.15, -0.1) is 0 Å². The van der Waals surface area contributed by atoms with Gasteiger partial charge in [0.25, 0.3) is 0 Å². The minimum absolute atomic E-state index is 0.0571. The first-order valence-electron chi connectivity index (χ1n) is 9.66. The normalized spacial score (nSPS) is 15.2. The molecule has 2 N–H and O–H groups in total. The quantitative estimate of drug-likeness (QED) is 0.709. The van der Waals surface area contributed by atoms with Crippen molar-refractivity contribution in [1.82, 2.24) is 9.97 Å². The van der Waals surface area contributed by atoms with Crippen LogP contribution in [0.5, 0.6) is 0 Å². The second kappa shape index (κ2) is 8.57. The topological polar surface area (TPSA) is 61.3 Å². The lowest BCUT2D eigenvalue weighted by atomic mass is 10.00. The molecule has 1 atom stereocenters. The highest BCUT2D eigenvalue weighted by atomic mass is 79.9. The lowest BCUT2D eigenvalue weighted by Crippen LogP contribution is -2.33. The Balaban J connectivity index is 1.90. The van der Waals surface area contributed by atoms with E-state index in [4.69, 9.17) is 4.98 Å². The van der Waals surface area contributed by atoms with Crippen LogP contribution in [0.25, 0.3) is 0 Å². The average Bonchev–Trinajstić information content (AvgIpc) is 2.64. The summed E-state index contributed by atoms with van der Waals surface area (Å²) >= 11 is 3.58. The van der Waals surface area contributed by atoms with E-state index in [2.05, 4.69) is 83.1 Å². The molecule has 0 bridgehead atoms. The summed E-state index contributed by atoms with van der Waals surface area (Å²) in [5.74, 6) is 2.15. The summed E-state index contributed by atoms with van der Waals surface area (Å²) in [6.45, 7) is 10.3.